The molecule has 2 aromatic carbocycles. The van der Waals surface area contributed by atoms with Crippen molar-refractivity contribution >= 4 is 32.8 Å². The first kappa shape index (κ1) is 20.9. The molecule has 0 unspecified atom stereocenters. The van der Waals surface area contributed by atoms with Gasteiger partial charge in [-0.05, 0) is 57.9 Å². The number of halogens is 2. The molecule has 0 aliphatic carbocycles. The van der Waals surface area contributed by atoms with Gasteiger partial charge < -0.3 is 14.6 Å². The minimum absolute atomic E-state index is 0.196. The van der Waals surface area contributed by atoms with E-state index in [9.17, 15) is 4.39 Å². The minimum Gasteiger partial charge on any atom is -0.497 e. The van der Waals surface area contributed by atoms with Crippen LogP contribution in [-0.4, -0.2) is 53.1 Å². The average Bonchev–Trinajstić information content (AvgIpc) is 3.25. The lowest BCUT2D eigenvalue weighted by Crippen LogP contribution is -2.46. The number of ether oxygens (including phenoxy) is 1. The average molecular weight is 496 g/mol. The van der Waals surface area contributed by atoms with E-state index >= 15 is 0 Å². The van der Waals surface area contributed by atoms with Crippen molar-refractivity contribution < 1.29 is 9.13 Å². The van der Waals surface area contributed by atoms with E-state index in [1.807, 2.05) is 42.6 Å². The van der Waals surface area contributed by atoms with E-state index in [4.69, 9.17) is 9.72 Å². The van der Waals surface area contributed by atoms with Crippen molar-refractivity contribution in [3.05, 3.63) is 70.6 Å². The molecule has 0 spiro atoms. The number of H-pyrrole nitrogens is 1. The van der Waals surface area contributed by atoms with Crippen LogP contribution in [0, 0.1) is 5.82 Å². The van der Waals surface area contributed by atoms with Crippen molar-refractivity contribution in [3.63, 3.8) is 0 Å². The Morgan fingerprint density at radius 2 is 1.75 bits per heavy atom. The Bertz CT molecular complexity index is 1220. The van der Waals surface area contributed by atoms with E-state index in [1.165, 1.54) is 12.1 Å². The first-order valence-electron chi connectivity index (χ1n) is 10.5. The number of benzene rings is 2. The molecule has 5 rings (SSSR count). The predicted molar refractivity (Wildman–Crippen MR) is 127 cm³/mol. The molecular formula is C24H23BrFN5O. The lowest BCUT2D eigenvalue weighted by atomic mass is 10.2. The quantitative estimate of drug-likeness (QED) is 0.428. The number of methoxy groups -OCH3 is 1. The molecule has 0 radical (unpaired) electrons. The van der Waals surface area contributed by atoms with Crippen molar-refractivity contribution in [1.82, 2.24) is 19.9 Å². The van der Waals surface area contributed by atoms with Gasteiger partial charge in [-0.1, -0.05) is 12.1 Å². The van der Waals surface area contributed by atoms with Crippen LogP contribution in [-0.2, 0) is 6.54 Å². The molecule has 2 aromatic heterocycles. The van der Waals surface area contributed by atoms with Gasteiger partial charge in [0.2, 0.25) is 0 Å². The first-order chi connectivity index (χ1) is 15.6. The third kappa shape index (κ3) is 4.20. The number of nitrogens with zero attached hydrogens (tertiary/aromatic N) is 4. The highest BCUT2D eigenvalue weighted by molar-refractivity contribution is 9.10. The van der Waals surface area contributed by atoms with Crippen LogP contribution in [0.25, 0.3) is 22.6 Å². The Hall–Kier alpha value is -2.97. The summed E-state index contributed by atoms with van der Waals surface area (Å²) in [5.74, 6) is 1.40. The molecule has 0 atom stereocenters. The van der Waals surface area contributed by atoms with Crippen molar-refractivity contribution in [2.75, 3.05) is 38.2 Å². The van der Waals surface area contributed by atoms with Gasteiger partial charge in [0.05, 0.1) is 17.3 Å². The number of aromatic amines is 1. The molecule has 6 nitrogen and oxygen atoms in total. The van der Waals surface area contributed by atoms with E-state index in [1.54, 1.807) is 7.11 Å². The lowest BCUT2D eigenvalue weighted by molar-refractivity contribution is 0.250. The van der Waals surface area contributed by atoms with Gasteiger partial charge in [0.1, 0.15) is 22.9 Å². The summed E-state index contributed by atoms with van der Waals surface area (Å²) in [5.41, 5.74) is 4.82. The fraction of sp³-hybridized carbons (Fsp3) is 0.250. The second-order valence-corrected chi connectivity index (χ2v) is 8.71. The third-order valence-corrected chi connectivity index (χ3v) is 6.40. The molecule has 1 aliphatic rings. The monoisotopic (exact) mass is 495 g/mol. The van der Waals surface area contributed by atoms with Gasteiger partial charge in [0.25, 0.3) is 0 Å². The molecule has 32 heavy (non-hydrogen) atoms. The van der Waals surface area contributed by atoms with Crippen LogP contribution in [0.4, 0.5) is 10.1 Å². The van der Waals surface area contributed by atoms with Crippen LogP contribution in [0.1, 0.15) is 5.56 Å². The fourth-order valence-electron chi connectivity index (χ4n) is 4.09. The predicted octanol–water partition coefficient (Wildman–Crippen LogP) is 4.86. The summed E-state index contributed by atoms with van der Waals surface area (Å²) in [6.07, 6.45) is 1.82. The minimum atomic E-state index is -0.196. The number of aromatic nitrogens is 3. The zero-order valence-electron chi connectivity index (χ0n) is 17.7. The summed E-state index contributed by atoms with van der Waals surface area (Å²) in [5, 5.41) is 0. The van der Waals surface area contributed by atoms with E-state index in [2.05, 4.69) is 35.7 Å². The van der Waals surface area contributed by atoms with Gasteiger partial charge in [-0.3, -0.25) is 4.90 Å². The molecular weight excluding hydrogens is 473 g/mol. The highest BCUT2D eigenvalue weighted by Crippen LogP contribution is 2.34. The van der Waals surface area contributed by atoms with Crippen molar-refractivity contribution in [2.45, 2.75) is 6.54 Å². The van der Waals surface area contributed by atoms with Crippen molar-refractivity contribution in [2.24, 2.45) is 0 Å². The summed E-state index contributed by atoms with van der Waals surface area (Å²) >= 11 is 3.70. The third-order valence-electron chi connectivity index (χ3n) is 5.82. The number of nitrogens with one attached hydrogen (secondary N) is 1. The molecule has 1 fully saturated rings. The van der Waals surface area contributed by atoms with Gasteiger partial charge in [0.15, 0.2) is 5.65 Å². The number of rotatable bonds is 5. The molecule has 0 bridgehead atoms. The van der Waals surface area contributed by atoms with E-state index in [-0.39, 0.29) is 5.82 Å². The zero-order valence-corrected chi connectivity index (χ0v) is 19.3. The number of imidazole rings is 1. The Morgan fingerprint density at radius 3 is 2.44 bits per heavy atom. The number of hydrogen-bond acceptors (Lipinski definition) is 5. The first-order valence-corrected chi connectivity index (χ1v) is 11.3. The Morgan fingerprint density at radius 1 is 1.03 bits per heavy atom. The number of anilines is 1. The number of piperazine rings is 1. The van der Waals surface area contributed by atoms with Gasteiger partial charge in [0, 0.05) is 44.5 Å². The van der Waals surface area contributed by atoms with Crippen LogP contribution >= 0.6 is 15.9 Å². The lowest BCUT2D eigenvalue weighted by Gasteiger charge is -2.36. The maximum atomic E-state index is 13.2. The van der Waals surface area contributed by atoms with Crippen LogP contribution in [0.5, 0.6) is 5.75 Å². The molecule has 0 amide bonds. The highest BCUT2D eigenvalue weighted by Gasteiger charge is 2.23. The maximum absolute atomic E-state index is 13.2. The molecule has 0 saturated carbocycles. The standard InChI is InChI=1S/C24H23BrFN5O/c1-32-19-8-4-17(5-9-19)23-28-21-22(20(25)14-27-24(21)29-23)31-12-10-30(11-13-31)15-16-2-6-18(26)7-3-16/h2-9,14H,10-13,15H2,1H3,(H,27,28,29). The van der Waals surface area contributed by atoms with Crippen LogP contribution in [0.2, 0.25) is 0 Å². The Kier molecular flexibility index (Phi) is 5.80. The summed E-state index contributed by atoms with van der Waals surface area (Å²) in [6, 6.07) is 14.6. The Labute approximate surface area is 194 Å². The van der Waals surface area contributed by atoms with Gasteiger partial charge >= 0.3 is 0 Å². The molecule has 3 heterocycles. The topological polar surface area (TPSA) is 57.3 Å². The van der Waals surface area contributed by atoms with Crippen molar-refractivity contribution in [1.29, 1.82) is 0 Å². The van der Waals surface area contributed by atoms with Gasteiger partial charge in [-0.15, -0.1) is 0 Å². The molecule has 1 aliphatic heterocycles. The molecule has 164 valence electrons. The summed E-state index contributed by atoms with van der Waals surface area (Å²) < 4.78 is 19.4. The molecule has 4 aromatic rings. The van der Waals surface area contributed by atoms with E-state index in [0.29, 0.717) is 5.65 Å². The van der Waals surface area contributed by atoms with Crippen LogP contribution < -0.4 is 9.64 Å². The second kappa shape index (κ2) is 8.88. The van der Waals surface area contributed by atoms with Gasteiger partial charge in [-0.25, -0.2) is 14.4 Å². The maximum Gasteiger partial charge on any atom is 0.180 e. The largest absolute Gasteiger partial charge is 0.497 e. The highest BCUT2D eigenvalue weighted by atomic mass is 79.9. The normalized spacial score (nSPS) is 14.8. The SMILES string of the molecule is COc1ccc(-c2nc3ncc(Br)c(N4CCN(Cc5ccc(F)cc5)CC4)c3[nH]2)cc1. The van der Waals surface area contributed by atoms with E-state index < -0.39 is 0 Å². The fourth-order valence-corrected chi connectivity index (χ4v) is 4.64. The summed E-state index contributed by atoms with van der Waals surface area (Å²) in [7, 11) is 1.66. The molecule has 1 saturated heterocycles. The summed E-state index contributed by atoms with van der Waals surface area (Å²) in [6.45, 7) is 4.44. The van der Waals surface area contributed by atoms with E-state index in [0.717, 1.165) is 71.1 Å². The van der Waals surface area contributed by atoms with Crippen LogP contribution in [0.15, 0.2) is 59.2 Å². The second-order valence-electron chi connectivity index (χ2n) is 7.86. The number of hydrogen-bond donors (Lipinski definition) is 1. The molecule has 1 N–H and O–H groups in total. The smallest absolute Gasteiger partial charge is 0.180 e. The van der Waals surface area contributed by atoms with Gasteiger partial charge in [-0.2, -0.15) is 0 Å². The summed E-state index contributed by atoms with van der Waals surface area (Å²) in [4.78, 5) is 17.5. The zero-order chi connectivity index (χ0) is 22.1. The molecule has 8 heteroatoms. The Balaban J connectivity index is 1.36. The van der Waals surface area contributed by atoms with Crippen molar-refractivity contribution in [3.8, 4) is 17.1 Å². The number of pyridine rings is 1. The van der Waals surface area contributed by atoms with Crippen LogP contribution in [0.3, 0.4) is 0 Å². The number of fused-ring (bicyclic) bond motifs is 1.